The molecule has 0 aliphatic heterocycles. The number of hydrogen-bond acceptors (Lipinski definition) is 1. The largest absolute Gasteiger partial charge is 0.0596 e. The zero-order valence-electron chi connectivity index (χ0n) is 4.87. The summed E-state index contributed by atoms with van der Waals surface area (Å²) in [5.41, 5.74) is 8.56. The molecule has 0 N–H and O–H groups in total. The van der Waals surface area contributed by atoms with Crippen molar-refractivity contribution >= 4 is 21.6 Å². The number of rotatable bonds is 1. The second-order valence-electron chi connectivity index (χ2n) is 1.49. The molecule has 10 heavy (non-hydrogen) atoms. The topological polar surface area (TPSA) is 48.8 Å². The minimum absolute atomic E-state index is 0.505. The lowest BCUT2D eigenvalue weighted by molar-refractivity contribution is 1.44. The zero-order valence-corrected chi connectivity index (χ0v) is 6.46. The minimum Gasteiger partial charge on any atom is -0.0596 e. The van der Waals surface area contributed by atoms with Crippen molar-refractivity contribution in [3.8, 4) is 0 Å². The summed E-state index contributed by atoms with van der Waals surface area (Å²) in [6.07, 6.45) is 0. The van der Waals surface area contributed by atoms with Gasteiger partial charge in [-0.1, -0.05) is 5.11 Å². The molecule has 1 aromatic carbocycles. The Morgan fingerprint density at radius 2 is 2.50 bits per heavy atom. The fraction of sp³-hybridized carbons (Fsp3) is 0. The summed E-state index contributed by atoms with van der Waals surface area (Å²) in [5.74, 6) is 0. The molecule has 1 rings (SSSR count). The Morgan fingerprint density at radius 3 is 3.10 bits per heavy atom. The first-order valence-electron chi connectivity index (χ1n) is 2.47. The van der Waals surface area contributed by atoms with Crippen LogP contribution in [0.5, 0.6) is 0 Å². The van der Waals surface area contributed by atoms with Crippen LogP contribution in [-0.2, 0) is 0 Å². The summed E-state index contributed by atoms with van der Waals surface area (Å²) in [7, 11) is 0. The fourth-order valence-electron chi connectivity index (χ4n) is 0.484. The van der Waals surface area contributed by atoms with Gasteiger partial charge in [0.1, 0.15) is 0 Å². The van der Waals surface area contributed by atoms with Crippen LogP contribution in [0.25, 0.3) is 10.4 Å². The lowest BCUT2D eigenvalue weighted by atomic mass is 10.3. The first-order valence-corrected chi connectivity index (χ1v) is 3.26. The van der Waals surface area contributed by atoms with Gasteiger partial charge in [0.15, 0.2) is 0 Å². The van der Waals surface area contributed by atoms with Gasteiger partial charge in [0.25, 0.3) is 0 Å². The molecule has 0 bridgehead atoms. The van der Waals surface area contributed by atoms with Crippen molar-refractivity contribution in [2.45, 2.75) is 0 Å². The van der Waals surface area contributed by atoms with Gasteiger partial charge in [0, 0.05) is 9.38 Å². The van der Waals surface area contributed by atoms with Crippen molar-refractivity contribution in [2.75, 3.05) is 0 Å². The molecule has 0 heterocycles. The van der Waals surface area contributed by atoms with Gasteiger partial charge in [-0.25, -0.2) is 0 Å². The molecule has 0 saturated carbocycles. The lowest BCUT2D eigenvalue weighted by Gasteiger charge is -1.90. The van der Waals surface area contributed by atoms with Crippen molar-refractivity contribution in [2.24, 2.45) is 5.11 Å². The second-order valence-corrected chi connectivity index (χ2v) is 2.28. The molecular formula is C6H2BrN3. The summed E-state index contributed by atoms with van der Waals surface area (Å²) in [4.78, 5) is 2.62. The maximum absolute atomic E-state index is 8.05. The molecule has 0 spiro atoms. The van der Waals surface area contributed by atoms with Gasteiger partial charge in [0.05, 0.1) is 5.69 Å². The number of hydrogen-bond donors (Lipinski definition) is 0. The molecule has 0 aromatic heterocycles. The fourth-order valence-corrected chi connectivity index (χ4v) is 0.792. The second kappa shape index (κ2) is 3.25. The molecule has 0 atom stereocenters. The van der Waals surface area contributed by atoms with Crippen LogP contribution in [0.4, 0.5) is 5.69 Å². The highest BCUT2D eigenvalue weighted by Crippen LogP contribution is 2.23. The molecule has 0 unspecified atom stereocenters. The van der Waals surface area contributed by atoms with E-state index < -0.39 is 0 Å². The number of halogens is 1. The molecule has 0 aliphatic carbocycles. The number of benzene rings is 1. The van der Waals surface area contributed by atoms with Crippen molar-refractivity contribution in [3.63, 3.8) is 0 Å². The average Bonchev–Trinajstić information content (AvgIpc) is 1.94. The molecular weight excluding hydrogens is 194 g/mol. The van der Waals surface area contributed by atoms with Crippen LogP contribution in [-0.4, -0.2) is 0 Å². The lowest BCUT2D eigenvalue weighted by Crippen LogP contribution is -1.64. The summed E-state index contributed by atoms with van der Waals surface area (Å²) in [6, 6.07) is 8.71. The first-order chi connectivity index (χ1) is 4.84. The highest BCUT2D eigenvalue weighted by Gasteiger charge is 1.92. The highest BCUT2D eigenvalue weighted by molar-refractivity contribution is 9.10. The maximum atomic E-state index is 8.05. The number of azide groups is 1. The molecule has 0 saturated heterocycles. The first kappa shape index (κ1) is 7.12. The predicted octanol–water partition coefficient (Wildman–Crippen LogP) is 2.99. The van der Waals surface area contributed by atoms with Crippen molar-refractivity contribution in [1.82, 2.24) is 0 Å². The van der Waals surface area contributed by atoms with Crippen LogP contribution < -0.4 is 0 Å². The summed E-state index contributed by atoms with van der Waals surface area (Å²) < 4.78 is 0.657. The molecule has 4 heteroatoms. The quantitative estimate of drug-likeness (QED) is 0.376. The molecule has 2 radical (unpaired) electrons. The third-order valence-electron chi connectivity index (χ3n) is 0.880. The van der Waals surface area contributed by atoms with E-state index in [9.17, 15) is 0 Å². The Balaban J connectivity index is 3.14. The third-order valence-corrected chi connectivity index (χ3v) is 1.51. The summed E-state index contributed by atoms with van der Waals surface area (Å²) >= 11 is 3.16. The van der Waals surface area contributed by atoms with Crippen LogP contribution in [0, 0.1) is 12.1 Å². The Bertz CT molecular complexity index is 278. The Hall–Kier alpha value is -0.990. The SMILES string of the molecule is [N-]=[N+]=Nc1c[c]c[c]c1Br. The zero-order chi connectivity index (χ0) is 7.40. The Labute approximate surface area is 66.4 Å². The van der Waals surface area contributed by atoms with E-state index in [1.165, 1.54) is 0 Å². The van der Waals surface area contributed by atoms with Crippen molar-refractivity contribution in [3.05, 3.63) is 39.2 Å². The van der Waals surface area contributed by atoms with Crippen LogP contribution in [0.1, 0.15) is 0 Å². The minimum atomic E-state index is 0.505. The van der Waals surface area contributed by atoms with Crippen LogP contribution in [0.3, 0.4) is 0 Å². The normalized spacial score (nSPS) is 8.50. The van der Waals surface area contributed by atoms with Crippen LogP contribution in [0.15, 0.2) is 21.7 Å². The molecule has 0 aliphatic rings. The third kappa shape index (κ3) is 1.50. The van der Waals surface area contributed by atoms with Gasteiger partial charge in [-0.3, -0.25) is 0 Å². The number of nitrogens with zero attached hydrogens (tertiary/aromatic N) is 3. The molecule has 3 nitrogen and oxygen atoms in total. The van der Waals surface area contributed by atoms with Gasteiger partial charge < -0.3 is 0 Å². The maximum Gasteiger partial charge on any atom is 0.0529 e. The van der Waals surface area contributed by atoms with Crippen molar-refractivity contribution < 1.29 is 0 Å². The van der Waals surface area contributed by atoms with Crippen LogP contribution >= 0.6 is 15.9 Å². The van der Waals surface area contributed by atoms with E-state index >= 15 is 0 Å². The van der Waals surface area contributed by atoms with E-state index in [2.05, 4.69) is 38.1 Å². The van der Waals surface area contributed by atoms with Crippen LogP contribution in [0.2, 0.25) is 0 Å². The van der Waals surface area contributed by atoms with Gasteiger partial charge >= 0.3 is 0 Å². The van der Waals surface area contributed by atoms with E-state index in [0.29, 0.717) is 10.2 Å². The standard InChI is InChI=1S/C6H2BrN3/c7-5-3-1-2-4-6(5)9-10-8/h1,4H. The highest BCUT2D eigenvalue weighted by atomic mass is 79.9. The predicted molar refractivity (Wildman–Crippen MR) is 40.6 cm³/mol. The summed E-state index contributed by atoms with van der Waals surface area (Å²) in [5, 5.41) is 3.38. The van der Waals surface area contributed by atoms with Crippen molar-refractivity contribution in [1.29, 1.82) is 0 Å². The molecule has 48 valence electrons. The molecule has 1 aromatic rings. The van der Waals surface area contributed by atoms with E-state index in [0.717, 1.165) is 0 Å². The van der Waals surface area contributed by atoms with Gasteiger partial charge in [-0.15, -0.1) is 0 Å². The molecule has 0 fully saturated rings. The Kier molecular flexibility index (Phi) is 2.31. The van der Waals surface area contributed by atoms with E-state index in [1.807, 2.05) is 0 Å². The van der Waals surface area contributed by atoms with E-state index in [1.54, 1.807) is 12.1 Å². The van der Waals surface area contributed by atoms with Gasteiger partial charge in [-0.05, 0) is 45.7 Å². The molecule has 0 amide bonds. The monoisotopic (exact) mass is 195 g/mol. The Morgan fingerprint density at radius 1 is 1.70 bits per heavy atom. The average molecular weight is 196 g/mol. The summed E-state index contributed by atoms with van der Waals surface area (Å²) in [6.45, 7) is 0. The van der Waals surface area contributed by atoms with Gasteiger partial charge in [0.2, 0.25) is 0 Å². The van der Waals surface area contributed by atoms with E-state index in [4.69, 9.17) is 5.53 Å². The van der Waals surface area contributed by atoms with E-state index in [-0.39, 0.29) is 0 Å². The smallest absolute Gasteiger partial charge is 0.0529 e. The van der Waals surface area contributed by atoms with Gasteiger partial charge in [-0.2, -0.15) is 0 Å².